The lowest BCUT2D eigenvalue weighted by Gasteiger charge is -2.08. The van der Waals surface area contributed by atoms with Crippen LogP contribution >= 0.6 is 11.6 Å². The van der Waals surface area contributed by atoms with Crippen LogP contribution in [0.1, 0.15) is 11.1 Å². The normalized spacial score (nSPS) is 9.80. The van der Waals surface area contributed by atoms with Gasteiger partial charge in [-0.2, -0.15) is 5.26 Å². The van der Waals surface area contributed by atoms with Crippen molar-refractivity contribution in [3.63, 3.8) is 0 Å². The third kappa shape index (κ3) is 3.05. The molecule has 6 heteroatoms. The number of nitrogens with zero attached hydrogens (tertiary/aromatic N) is 2. The topological polar surface area (TPSA) is 79.0 Å². The molecule has 0 aliphatic carbocycles. The molecule has 0 radical (unpaired) electrons. The Morgan fingerprint density at radius 3 is 2.75 bits per heavy atom. The van der Waals surface area contributed by atoms with E-state index in [-0.39, 0.29) is 10.7 Å². The highest BCUT2D eigenvalue weighted by Gasteiger charge is 2.12. The minimum Gasteiger partial charge on any atom is -0.380 e. The van der Waals surface area contributed by atoms with Gasteiger partial charge in [0, 0.05) is 12.6 Å². The van der Waals surface area contributed by atoms with Crippen LogP contribution in [0.15, 0.2) is 42.5 Å². The summed E-state index contributed by atoms with van der Waals surface area (Å²) in [4.78, 5) is 10.3. The predicted octanol–water partition coefficient (Wildman–Crippen LogP) is 3.73. The molecule has 0 bridgehead atoms. The van der Waals surface area contributed by atoms with Crippen LogP contribution in [0.3, 0.4) is 0 Å². The standard InChI is InChI=1S/C14H10ClN3O2/c15-12-6-5-10(7-14(12)18(19)20)9-17-13-4-2-1-3-11(13)8-16/h1-7,17H,9H2. The second kappa shape index (κ2) is 6.04. The van der Waals surface area contributed by atoms with Gasteiger partial charge in [-0.05, 0) is 23.8 Å². The Labute approximate surface area is 120 Å². The third-order valence-corrected chi connectivity index (χ3v) is 3.06. The Kier molecular flexibility index (Phi) is 4.18. The van der Waals surface area contributed by atoms with Crippen LogP contribution in [0.4, 0.5) is 11.4 Å². The van der Waals surface area contributed by atoms with E-state index < -0.39 is 4.92 Å². The Hall–Kier alpha value is -2.58. The van der Waals surface area contributed by atoms with Crippen LogP contribution in [-0.2, 0) is 6.54 Å². The number of para-hydroxylation sites is 1. The minimum atomic E-state index is -0.519. The first-order chi connectivity index (χ1) is 9.61. The summed E-state index contributed by atoms with van der Waals surface area (Å²) in [6.45, 7) is 0.372. The Morgan fingerprint density at radius 2 is 2.05 bits per heavy atom. The van der Waals surface area contributed by atoms with E-state index in [4.69, 9.17) is 16.9 Å². The van der Waals surface area contributed by atoms with Crippen LogP contribution in [0, 0.1) is 21.4 Å². The fourth-order valence-corrected chi connectivity index (χ4v) is 1.93. The molecule has 2 rings (SSSR count). The van der Waals surface area contributed by atoms with E-state index in [1.54, 1.807) is 24.3 Å². The molecule has 0 saturated heterocycles. The van der Waals surface area contributed by atoms with E-state index in [9.17, 15) is 10.1 Å². The zero-order valence-electron chi connectivity index (χ0n) is 10.3. The zero-order chi connectivity index (χ0) is 14.5. The van der Waals surface area contributed by atoms with Crippen LogP contribution in [0.25, 0.3) is 0 Å². The van der Waals surface area contributed by atoms with Crippen molar-refractivity contribution >= 4 is 23.0 Å². The molecule has 0 atom stereocenters. The fourth-order valence-electron chi connectivity index (χ4n) is 1.74. The summed E-state index contributed by atoms with van der Waals surface area (Å²) in [6.07, 6.45) is 0. The highest BCUT2D eigenvalue weighted by atomic mass is 35.5. The van der Waals surface area contributed by atoms with E-state index in [1.807, 2.05) is 6.07 Å². The van der Waals surface area contributed by atoms with Crippen molar-refractivity contribution in [1.82, 2.24) is 0 Å². The number of nitrogens with one attached hydrogen (secondary N) is 1. The molecule has 0 saturated carbocycles. The first kappa shape index (κ1) is 13.8. The number of nitro benzene ring substituents is 1. The van der Waals surface area contributed by atoms with Gasteiger partial charge in [-0.25, -0.2) is 0 Å². The van der Waals surface area contributed by atoms with E-state index >= 15 is 0 Å². The molecular weight excluding hydrogens is 278 g/mol. The molecule has 0 spiro atoms. The SMILES string of the molecule is N#Cc1ccccc1NCc1ccc(Cl)c([N+](=O)[O-])c1. The number of nitro groups is 1. The number of rotatable bonds is 4. The van der Waals surface area contributed by atoms with Crippen molar-refractivity contribution < 1.29 is 4.92 Å². The Balaban J connectivity index is 2.18. The number of halogens is 1. The molecule has 0 aliphatic heterocycles. The molecule has 1 N–H and O–H groups in total. The van der Waals surface area contributed by atoms with Gasteiger partial charge in [0.15, 0.2) is 0 Å². The Morgan fingerprint density at radius 1 is 1.30 bits per heavy atom. The summed E-state index contributed by atoms with van der Waals surface area (Å²) in [6, 6.07) is 13.8. The molecule has 2 aromatic carbocycles. The zero-order valence-corrected chi connectivity index (χ0v) is 11.1. The average Bonchev–Trinajstić information content (AvgIpc) is 2.46. The first-order valence-electron chi connectivity index (χ1n) is 5.77. The molecular formula is C14H10ClN3O2. The molecule has 5 nitrogen and oxygen atoms in total. The second-order valence-corrected chi connectivity index (χ2v) is 4.46. The summed E-state index contributed by atoms with van der Waals surface area (Å²) in [5, 5.41) is 23.0. The van der Waals surface area contributed by atoms with Crippen LogP contribution in [0.5, 0.6) is 0 Å². The van der Waals surface area contributed by atoms with E-state index in [0.29, 0.717) is 23.4 Å². The van der Waals surface area contributed by atoms with Crippen molar-refractivity contribution in [2.45, 2.75) is 6.54 Å². The smallest absolute Gasteiger partial charge is 0.288 e. The molecule has 0 fully saturated rings. The number of hydrogen-bond acceptors (Lipinski definition) is 4. The molecule has 0 aliphatic rings. The van der Waals surface area contributed by atoms with Gasteiger partial charge in [-0.15, -0.1) is 0 Å². The third-order valence-electron chi connectivity index (χ3n) is 2.74. The van der Waals surface area contributed by atoms with Crippen LogP contribution in [0.2, 0.25) is 5.02 Å². The quantitative estimate of drug-likeness (QED) is 0.686. The van der Waals surface area contributed by atoms with Crippen molar-refractivity contribution in [1.29, 1.82) is 5.26 Å². The number of nitriles is 1. The molecule has 100 valence electrons. The van der Waals surface area contributed by atoms with Gasteiger partial charge >= 0.3 is 0 Å². The van der Waals surface area contributed by atoms with Crippen molar-refractivity contribution in [3.8, 4) is 6.07 Å². The van der Waals surface area contributed by atoms with Crippen molar-refractivity contribution in [2.75, 3.05) is 5.32 Å². The predicted molar refractivity (Wildman–Crippen MR) is 76.6 cm³/mol. The van der Waals surface area contributed by atoms with E-state index in [1.165, 1.54) is 12.1 Å². The van der Waals surface area contributed by atoms with Crippen molar-refractivity contribution in [2.24, 2.45) is 0 Å². The maximum absolute atomic E-state index is 10.8. The maximum atomic E-state index is 10.8. The molecule has 0 amide bonds. The molecule has 0 aromatic heterocycles. The van der Waals surface area contributed by atoms with Gasteiger partial charge in [0.2, 0.25) is 0 Å². The highest BCUT2D eigenvalue weighted by Crippen LogP contribution is 2.25. The lowest BCUT2D eigenvalue weighted by molar-refractivity contribution is -0.384. The molecule has 2 aromatic rings. The summed E-state index contributed by atoms with van der Waals surface area (Å²) in [5.41, 5.74) is 1.80. The Bertz CT molecular complexity index is 695. The van der Waals surface area contributed by atoms with Crippen LogP contribution < -0.4 is 5.32 Å². The maximum Gasteiger partial charge on any atom is 0.288 e. The summed E-state index contributed by atoms with van der Waals surface area (Å²) >= 11 is 5.75. The lowest BCUT2D eigenvalue weighted by Crippen LogP contribution is -2.02. The average molecular weight is 288 g/mol. The summed E-state index contributed by atoms with van der Waals surface area (Å²) in [7, 11) is 0. The minimum absolute atomic E-state index is 0.108. The monoisotopic (exact) mass is 287 g/mol. The lowest BCUT2D eigenvalue weighted by atomic mass is 10.1. The summed E-state index contributed by atoms with van der Waals surface area (Å²) < 4.78 is 0. The van der Waals surface area contributed by atoms with Gasteiger partial charge in [-0.1, -0.05) is 29.8 Å². The largest absolute Gasteiger partial charge is 0.380 e. The molecule has 0 heterocycles. The number of anilines is 1. The number of hydrogen-bond donors (Lipinski definition) is 1. The van der Waals surface area contributed by atoms with Crippen molar-refractivity contribution in [3.05, 3.63) is 68.7 Å². The van der Waals surface area contributed by atoms with Crippen LogP contribution in [-0.4, -0.2) is 4.92 Å². The molecule has 0 unspecified atom stereocenters. The van der Waals surface area contributed by atoms with Gasteiger partial charge < -0.3 is 5.32 Å². The fraction of sp³-hybridized carbons (Fsp3) is 0.0714. The first-order valence-corrected chi connectivity index (χ1v) is 6.15. The van der Waals surface area contributed by atoms with E-state index in [0.717, 1.165) is 0 Å². The molecule has 20 heavy (non-hydrogen) atoms. The number of benzene rings is 2. The van der Waals surface area contributed by atoms with Gasteiger partial charge in [0.25, 0.3) is 5.69 Å². The summed E-state index contributed by atoms with van der Waals surface area (Å²) in [5.74, 6) is 0. The van der Waals surface area contributed by atoms with Gasteiger partial charge in [0.1, 0.15) is 11.1 Å². The highest BCUT2D eigenvalue weighted by molar-refractivity contribution is 6.32. The van der Waals surface area contributed by atoms with Gasteiger partial charge in [0.05, 0.1) is 16.2 Å². The van der Waals surface area contributed by atoms with E-state index in [2.05, 4.69) is 11.4 Å². The second-order valence-electron chi connectivity index (χ2n) is 4.05. The van der Waals surface area contributed by atoms with Gasteiger partial charge in [-0.3, -0.25) is 10.1 Å².